The molecule has 0 saturated heterocycles. The van der Waals surface area contributed by atoms with E-state index < -0.39 is 32.8 Å². The Bertz CT molecular complexity index is 1140. The summed E-state index contributed by atoms with van der Waals surface area (Å²) in [6.07, 6.45) is 2.89. The molecule has 2 aliphatic rings. The number of carbonyl (C=O) groups is 2. The van der Waals surface area contributed by atoms with Crippen LogP contribution in [0.3, 0.4) is 0 Å². The monoisotopic (exact) mass is 441 g/mol. The maximum atomic E-state index is 12.5. The number of benzene rings is 2. The van der Waals surface area contributed by atoms with E-state index in [9.17, 15) is 18.0 Å². The molecule has 0 spiro atoms. The number of carbonyl (C=O) groups excluding carboxylic acids is 2. The molecule has 4 rings (SSSR count). The van der Waals surface area contributed by atoms with E-state index >= 15 is 0 Å². The third-order valence-corrected chi connectivity index (χ3v) is 8.22. The van der Waals surface area contributed by atoms with Gasteiger partial charge in [0.05, 0.1) is 5.25 Å². The quantitative estimate of drug-likeness (QED) is 0.688. The lowest BCUT2D eigenvalue weighted by molar-refractivity contribution is -0.134. The van der Waals surface area contributed by atoms with Crippen LogP contribution in [0.1, 0.15) is 66.9 Å². The lowest BCUT2D eigenvalue weighted by Gasteiger charge is -2.32. The smallest absolute Gasteiger partial charge is 0.270 e. The van der Waals surface area contributed by atoms with Crippen molar-refractivity contribution in [2.24, 2.45) is 5.73 Å². The second-order valence-electron chi connectivity index (χ2n) is 8.74. The van der Waals surface area contributed by atoms with Crippen LogP contribution < -0.4 is 5.73 Å². The van der Waals surface area contributed by atoms with Gasteiger partial charge in [-0.15, -0.1) is 0 Å². The van der Waals surface area contributed by atoms with Gasteiger partial charge in [-0.1, -0.05) is 42.5 Å². The van der Waals surface area contributed by atoms with E-state index in [2.05, 4.69) is 6.07 Å². The van der Waals surface area contributed by atoms with Crippen molar-refractivity contribution in [1.29, 1.82) is 0 Å². The summed E-state index contributed by atoms with van der Waals surface area (Å²) in [4.78, 5) is 24.3. The van der Waals surface area contributed by atoms with Gasteiger partial charge in [0.2, 0.25) is 0 Å². The molecule has 6 nitrogen and oxygen atoms in total. The minimum atomic E-state index is -3.92. The van der Waals surface area contributed by atoms with Crippen LogP contribution in [0, 0.1) is 0 Å². The van der Waals surface area contributed by atoms with Crippen LogP contribution in [0.25, 0.3) is 11.1 Å². The van der Waals surface area contributed by atoms with Gasteiger partial charge >= 0.3 is 0 Å². The molecule has 2 atom stereocenters. The molecule has 31 heavy (non-hydrogen) atoms. The molecule has 1 fully saturated rings. The van der Waals surface area contributed by atoms with E-state index in [1.54, 1.807) is 0 Å². The fraction of sp³-hybridized carbons (Fsp3) is 0.417. The summed E-state index contributed by atoms with van der Waals surface area (Å²) >= 11 is 0. The van der Waals surface area contributed by atoms with Gasteiger partial charge in [-0.3, -0.25) is 13.8 Å². The predicted molar refractivity (Wildman–Crippen MR) is 118 cm³/mol. The van der Waals surface area contributed by atoms with Crippen LogP contribution in [0.4, 0.5) is 0 Å². The number of ketones is 1. The third-order valence-electron chi connectivity index (χ3n) is 6.54. The van der Waals surface area contributed by atoms with Gasteiger partial charge in [0.1, 0.15) is 0 Å². The first-order chi connectivity index (χ1) is 14.6. The van der Waals surface area contributed by atoms with Crippen LogP contribution in [0.2, 0.25) is 0 Å². The normalized spacial score (nSPS) is 23.3. The molecular weight excluding hydrogens is 414 g/mol. The molecular formula is C24H27NO5S. The molecule has 2 aromatic rings. The van der Waals surface area contributed by atoms with E-state index in [0.29, 0.717) is 19.3 Å². The molecule has 2 N–H and O–H groups in total. The minimum absolute atomic E-state index is 0.192. The molecule has 0 heterocycles. The van der Waals surface area contributed by atoms with Crippen molar-refractivity contribution in [1.82, 2.24) is 0 Å². The van der Waals surface area contributed by atoms with Gasteiger partial charge in [-0.25, -0.2) is 0 Å². The summed E-state index contributed by atoms with van der Waals surface area (Å²) in [5.74, 6) is -0.978. The van der Waals surface area contributed by atoms with Crippen molar-refractivity contribution in [3.63, 3.8) is 0 Å². The minimum Gasteiger partial charge on any atom is -0.367 e. The fourth-order valence-electron chi connectivity index (χ4n) is 4.69. The fourth-order valence-corrected chi connectivity index (χ4v) is 5.58. The van der Waals surface area contributed by atoms with Crippen molar-refractivity contribution >= 4 is 21.8 Å². The van der Waals surface area contributed by atoms with Crippen LogP contribution in [0.15, 0.2) is 42.5 Å². The van der Waals surface area contributed by atoms with Gasteiger partial charge in [-0.2, -0.15) is 8.42 Å². The van der Waals surface area contributed by atoms with Crippen LogP contribution in [0.5, 0.6) is 0 Å². The first kappa shape index (κ1) is 21.7. The average molecular weight is 442 g/mol. The van der Waals surface area contributed by atoms with Crippen LogP contribution in [-0.2, 0) is 25.5 Å². The zero-order valence-corrected chi connectivity index (χ0v) is 18.6. The van der Waals surface area contributed by atoms with Gasteiger partial charge in [0, 0.05) is 17.9 Å². The second-order valence-corrected chi connectivity index (χ2v) is 10.8. The van der Waals surface area contributed by atoms with Crippen LogP contribution >= 0.6 is 0 Å². The first-order valence-corrected chi connectivity index (χ1v) is 12.1. The number of hydrogen-bond donors (Lipinski definition) is 1. The Labute approximate surface area is 182 Å². The highest BCUT2D eigenvalue weighted by Crippen LogP contribution is 2.47. The Hall–Kier alpha value is -2.51. The Kier molecular flexibility index (Phi) is 5.52. The topological polar surface area (TPSA) is 104 Å². The molecule has 0 bridgehead atoms. The molecule has 164 valence electrons. The first-order valence-electron chi connectivity index (χ1n) is 10.6. The van der Waals surface area contributed by atoms with Crippen molar-refractivity contribution in [2.75, 3.05) is 0 Å². The molecule has 1 amide bonds. The van der Waals surface area contributed by atoms with Crippen molar-refractivity contribution in [3.05, 3.63) is 59.2 Å². The Balaban J connectivity index is 1.65. The zero-order valence-electron chi connectivity index (χ0n) is 17.8. The van der Waals surface area contributed by atoms with Gasteiger partial charge in [0.15, 0.2) is 11.4 Å². The SMILES string of the molecule is CC(C)S(=O)(=O)OC1(C(N)=O)CCCC1c1ccc(-c2ccc3c(c2)CCC3=O)cc1. The third kappa shape index (κ3) is 3.81. The highest BCUT2D eigenvalue weighted by Gasteiger charge is 2.53. The van der Waals surface area contributed by atoms with Crippen LogP contribution in [-0.4, -0.2) is 31.0 Å². The number of rotatable bonds is 6. The largest absolute Gasteiger partial charge is 0.367 e. The number of hydrogen-bond acceptors (Lipinski definition) is 5. The standard InChI is InChI=1S/C24H27NO5S/c1-15(2)31(28,29)30-24(23(25)27)13-3-4-21(24)17-7-5-16(6-8-17)18-9-11-20-19(14-18)10-12-22(20)26/h5-9,11,14-15,21H,3-4,10,12-13H2,1-2H3,(H2,25,27). The molecule has 2 aliphatic carbocycles. The summed E-state index contributed by atoms with van der Waals surface area (Å²) in [5, 5.41) is -0.765. The maximum absolute atomic E-state index is 12.5. The van der Waals surface area contributed by atoms with Gasteiger partial charge in [0.25, 0.3) is 16.0 Å². The lowest BCUT2D eigenvalue weighted by Crippen LogP contribution is -2.50. The number of fused-ring (bicyclic) bond motifs is 1. The summed E-state index contributed by atoms with van der Waals surface area (Å²) in [6, 6.07) is 13.6. The highest BCUT2D eigenvalue weighted by atomic mass is 32.2. The summed E-state index contributed by atoms with van der Waals surface area (Å²) in [6.45, 7) is 3.04. The Morgan fingerprint density at radius 1 is 1.10 bits per heavy atom. The van der Waals surface area contributed by atoms with E-state index in [0.717, 1.165) is 34.2 Å². The Morgan fingerprint density at radius 2 is 1.77 bits per heavy atom. The Morgan fingerprint density at radius 3 is 2.42 bits per heavy atom. The molecule has 2 aromatic carbocycles. The number of amides is 1. The van der Waals surface area contributed by atoms with Crippen molar-refractivity contribution < 1.29 is 22.2 Å². The van der Waals surface area contributed by atoms with Gasteiger partial charge < -0.3 is 5.73 Å². The number of aryl methyl sites for hydroxylation is 1. The summed E-state index contributed by atoms with van der Waals surface area (Å²) in [7, 11) is -3.92. The predicted octanol–water partition coefficient (Wildman–Crippen LogP) is 3.73. The number of primary amides is 1. The summed E-state index contributed by atoms with van der Waals surface area (Å²) in [5.41, 5.74) is 8.86. The number of Topliss-reactive ketones (excluding diaryl/α,β-unsaturated/α-hetero) is 1. The van der Waals surface area contributed by atoms with E-state index in [1.165, 1.54) is 13.8 Å². The van der Waals surface area contributed by atoms with E-state index in [1.807, 2.05) is 36.4 Å². The summed E-state index contributed by atoms with van der Waals surface area (Å²) < 4.78 is 30.5. The highest BCUT2D eigenvalue weighted by molar-refractivity contribution is 7.87. The average Bonchev–Trinajstić information content (AvgIpc) is 3.32. The lowest BCUT2D eigenvalue weighted by atomic mass is 9.84. The molecule has 2 unspecified atom stereocenters. The van der Waals surface area contributed by atoms with Crippen molar-refractivity contribution in [2.45, 2.75) is 62.7 Å². The molecule has 0 radical (unpaired) electrons. The van der Waals surface area contributed by atoms with Crippen molar-refractivity contribution in [3.8, 4) is 11.1 Å². The van der Waals surface area contributed by atoms with E-state index in [4.69, 9.17) is 9.92 Å². The molecule has 0 aliphatic heterocycles. The van der Waals surface area contributed by atoms with Gasteiger partial charge in [-0.05, 0) is 61.8 Å². The molecule has 1 saturated carbocycles. The molecule has 7 heteroatoms. The second kappa shape index (κ2) is 7.88. The zero-order chi connectivity index (χ0) is 22.4. The number of nitrogens with two attached hydrogens (primary N) is 1. The molecule has 0 aromatic heterocycles. The van der Waals surface area contributed by atoms with E-state index in [-0.39, 0.29) is 12.2 Å². The maximum Gasteiger partial charge on any atom is 0.270 e.